The number of nitrogens with two attached hydrogens (primary N) is 1. The highest BCUT2D eigenvalue weighted by molar-refractivity contribution is 7.91. The van der Waals surface area contributed by atoms with Gasteiger partial charge in [0.1, 0.15) is 0 Å². The van der Waals surface area contributed by atoms with Crippen molar-refractivity contribution in [1.82, 2.24) is 0 Å². The summed E-state index contributed by atoms with van der Waals surface area (Å²) in [6, 6.07) is 12.6. The predicted molar refractivity (Wildman–Crippen MR) is 82.5 cm³/mol. The monoisotopic (exact) mass is 289 g/mol. The van der Waals surface area contributed by atoms with Crippen LogP contribution < -0.4 is 5.73 Å². The molecule has 0 aliphatic heterocycles. The molecule has 0 bridgehead atoms. The summed E-state index contributed by atoms with van der Waals surface area (Å²) in [4.78, 5) is 0.399. The molecule has 0 amide bonds. The van der Waals surface area contributed by atoms with E-state index in [2.05, 4.69) is 0 Å². The van der Waals surface area contributed by atoms with Gasteiger partial charge in [-0.3, -0.25) is 0 Å². The molecule has 0 aliphatic carbocycles. The van der Waals surface area contributed by atoms with Crippen molar-refractivity contribution in [2.45, 2.75) is 25.2 Å². The van der Waals surface area contributed by atoms with Gasteiger partial charge in [-0.05, 0) is 61.2 Å². The van der Waals surface area contributed by atoms with E-state index in [-0.39, 0.29) is 5.75 Å². The lowest BCUT2D eigenvalue weighted by Gasteiger charge is -2.07. The first-order valence-corrected chi connectivity index (χ1v) is 8.18. The molecular formula is C16H19NO2S. The number of benzene rings is 2. The fourth-order valence-electron chi connectivity index (χ4n) is 1.96. The van der Waals surface area contributed by atoms with E-state index in [0.29, 0.717) is 17.0 Å². The molecule has 0 atom stereocenters. The Morgan fingerprint density at radius 1 is 0.950 bits per heavy atom. The minimum Gasteiger partial charge on any atom is -0.399 e. The molecular weight excluding hydrogens is 270 g/mol. The van der Waals surface area contributed by atoms with Crippen molar-refractivity contribution in [2.75, 3.05) is 11.5 Å². The van der Waals surface area contributed by atoms with E-state index in [1.165, 1.54) is 0 Å². The molecule has 0 aromatic heterocycles. The van der Waals surface area contributed by atoms with E-state index >= 15 is 0 Å². The van der Waals surface area contributed by atoms with E-state index in [0.717, 1.165) is 16.7 Å². The highest BCUT2D eigenvalue weighted by Gasteiger charge is 2.15. The summed E-state index contributed by atoms with van der Waals surface area (Å²) >= 11 is 0. The molecule has 2 rings (SSSR count). The largest absolute Gasteiger partial charge is 0.399 e. The molecule has 106 valence electrons. The molecule has 0 heterocycles. The molecule has 0 unspecified atom stereocenters. The third kappa shape index (κ3) is 3.39. The van der Waals surface area contributed by atoms with Crippen LogP contribution in [-0.2, 0) is 16.3 Å². The van der Waals surface area contributed by atoms with E-state index in [4.69, 9.17) is 5.73 Å². The first-order chi connectivity index (χ1) is 9.38. The van der Waals surface area contributed by atoms with Crippen LogP contribution in [0, 0.1) is 13.8 Å². The van der Waals surface area contributed by atoms with E-state index in [9.17, 15) is 8.42 Å². The summed E-state index contributed by atoms with van der Waals surface area (Å²) in [5, 5.41) is 0. The zero-order chi connectivity index (χ0) is 14.8. The Morgan fingerprint density at radius 3 is 2.20 bits per heavy atom. The van der Waals surface area contributed by atoms with Crippen LogP contribution in [0.3, 0.4) is 0 Å². The number of nitrogen functional groups attached to an aromatic ring is 1. The van der Waals surface area contributed by atoms with E-state index < -0.39 is 9.84 Å². The standard InChI is InChI=1S/C16H19NO2S/c1-12-3-8-16(11-13(12)2)20(18,19)10-9-14-4-6-15(17)7-5-14/h3-8,11H,9-10,17H2,1-2H3. The molecule has 0 spiro atoms. The number of hydrogen-bond donors (Lipinski definition) is 1. The molecule has 0 fully saturated rings. The number of rotatable bonds is 4. The molecule has 0 radical (unpaired) electrons. The molecule has 4 heteroatoms. The molecule has 3 nitrogen and oxygen atoms in total. The van der Waals surface area contributed by atoms with Gasteiger partial charge < -0.3 is 5.73 Å². The maximum Gasteiger partial charge on any atom is 0.178 e. The van der Waals surface area contributed by atoms with Crippen molar-refractivity contribution in [3.63, 3.8) is 0 Å². The van der Waals surface area contributed by atoms with Gasteiger partial charge in [-0.25, -0.2) is 8.42 Å². The van der Waals surface area contributed by atoms with Gasteiger partial charge in [0, 0.05) is 5.69 Å². The average Bonchev–Trinajstić information content (AvgIpc) is 2.41. The fraction of sp³-hybridized carbons (Fsp3) is 0.250. The summed E-state index contributed by atoms with van der Waals surface area (Å²) in [7, 11) is -3.24. The summed E-state index contributed by atoms with van der Waals surface area (Å²) < 4.78 is 24.6. The Bertz CT molecular complexity index is 704. The molecule has 2 aromatic carbocycles. The van der Waals surface area contributed by atoms with E-state index in [1.807, 2.05) is 32.0 Å². The van der Waals surface area contributed by atoms with Gasteiger partial charge in [-0.1, -0.05) is 18.2 Å². The molecule has 0 saturated carbocycles. The van der Waals surface area contributed by atoms with Crippen molar-refractivity contribution in [3.8, 4) is 0 Å². The third-order valence-corrected chi connectivity index (χ3v) is 5.19. The first kappa shape index (κ1) is 14.6. The zero-order valence-electron chi connectivity index (χ0n) is 11.8. The van der Waals surface area contributed by atoms with Gasteiger partial charge in [0.2, 0.25) is 0 Å². The second kappa shape index (κ2) is 5.67. The topological polar surface area (TPSA) is 60.2 Å². The van der Waals surface area contributed by atoms with Crippen LogP contribution in [0.25, 0.3) is 0 Å². The lowest BCUT2D eigenvalue weighted by molar-refractivity contribution is 0.595. The summed E-state index contributed by atoms with van der Waals surface area (Å²) in [6.45, 7) is 3.90. The number of anilines is 1. The maximum atomic E-state index is 12.3. The van der Waals surface area contributed by atoms with Gasteiger partial charge in [0.15, 0.2) is 9.84 Å². The quantitative estimate of drug-likeness (QED) is 0.880. The van der Waals surface area contributed by atoms with Crippen LogP contribution in [0.4, 0.5) is 5.69 Å². The summed E-state index contributed by atoms with van der Waals surface area (Å²) in [5.41, 5.74) is 9.37. The van der Waals surface area contributed by atoms with Crippen molar-refractivity contribution >= 4 is 15.5 Å². The Labute approximate surface area is 120 Å². The molecule has 2 N–H and O–H groups in total. The van der Waals surface area contributed by atoms with Crippen LogP contribution in [0.15, 0.2) is 47.4 Å². The van der Waals surface area contributed by atoms with Crippen LogP contribution in [0.1, 0.15) is 16.7 Å². The lowest BCUT2D eigenvalue weighted by atomic mass is 10.1. The Hall–Kier alpha value is -1.81. The second-order valence-electron chi connectivity index (χ2n) is 5.06. The van der Waals surface area contributed by atoms with Crippen LogP contribution >= 0.6 is 0 Å². The van der Waals surface area contributed by atoms with Crippen molar-refractivity contribution in [2.24, 2.45) is 0 Å². The Balaban J connectivity index is 2.14. The normalized spacial score (nSPS) is 11.5. The smallest absolute Gasteiger partial charge is 0.178 e. The van der Waals surface area contributed by atoms with Gasteiger partial charge in [-0.2, -0.15) is 0 Å². The van der Waals surface area contributed by atoms with Gasteiger partial charge in [0.05, 0.1) is 10.6 Å². The van der Waals surface area contributed by atoms with E-state index in [1.54, 1.807) is 24.3 Å². The molecule has 0 saturated heterocycles. The second-order valence-corrected chi connectivity index (χ2v) is 7.17. The third-order valence-electron chi connectivity index (χ3n) is 3.48. The molecule has 20 heavy (non-hydrogen) atoms. The maximum absolute atomic E-state index is 12.3. The first-order valence-electron chi connectivity index (χ1n) is 6.53. The Kier molecular flexibility index (Phi) is 4.14. The Morgan fingerprint density at radius 2 is 1.60 bits per heavy atom. The number of hydrogen-bond acceptors (Lipinski definition) is 3. The molecule has 2 aromatic rings. The van der Waals surface area contributed by atoms with Crippen molar-refractivity contribution in [1.29, 1.82) is 0 Å². The SMILES string of the molecule is Cc1ccc(S(=O)(=O)CCc2ccc(N)cc2)cc1C. The van der Waals surface area contributed by atoms with Crippen LogP contribution in [-0.4, -0.2) is 14.2 Å². The highest BCUT2D eigenvalue weighted by atomic mass is 32.2. The van der Waals surface area contributed by atoms with Gasteiger partial charge >= 0.3 is 0 Å². The van der Waals surface area contributed by atoms with Crippen LogP contribution in [0.2, 0.25) is 0 Å². The van der Waals surface area contributed by atoms with Crippen molar-refractivity contribution in [3.05, 3.63) is 59.2 Å². The van der Waals surface area contributed by atoms with Gasteiger partial charge in [0.25, 0.3) is 0 Å². The average molecular weight is 289 g/mol. The van der Waals surface area contributed by atoms with Crippen LogP contribution in [0.5, 0.6) is 0 Å². The number of sulfone groups is 1. The summed E-state index contributed by atoms with van der Waals surface area (Å²) in [6.07, 6.45) is 0.496. The fourth-order valence-corrected chi connectivity index (χ4v) is 3.33. The van der Waals surface area contributed by atoms with Gasteiger partial charge in [-0.15, -0.1) is 0 Å². The minimum absolute atomic E-state index is 0.111. The highest BCUT2D eigenvalue weighted by Crippen LogP contribution is 2.17. The lowest BCUT2D eigenvalue weighted by Crippen LogP contribution is -2.09. The molecule has 0 aliphatic rings. The summed E-state index contributed by atoms with van der Waals surface area (Å²) in [5.74, 6) is 0.111. The zero-order valence-corrected chi connectivity index (χ0v) is 12.6. The van der Waals surface area contributed by atoms with Crippen molar-refractivity contribution < 1.29 is 8.42 Å². The number of aryl methyl sites for hydroxylation is 3. The minimum atomic E-state index is -3.24. The predicted octanol–water partition coefficient (Wildman–Crippen LogP) is 2.90.